The predicted molar refractivity (Wildman–Crippen MR) is 119 cm³/mol. The Hall–Kier alpha value is -2.39. The molecule has 0 radical (unpaired) electrons. The normalized spacial score (nSPS) is 11.9. The smallest absolute Gasteiger partial charge is 0.221 e. The summed E-state index contributed by atoms with van der Waals surface area (Å²) in [7, 11) is 0. The van der Waals surface area contributed by atoms with E-state index in [1.807, 2.05) is 19.1 Å². The molecule has 0 fully saturated rings. The number of nitrogens with zero attached hydrogens (tertiary/aromatic N) is 3. The van der Waals surface area contributed by atoms with Crippen molar-refractivity contribution in [3.05, 3.63) is 63.1 Å². The molecule has 2 aromatic carbocycles. The van der Waals surface area contributed by atoms with Gasteiger partial charge in [0.1, 0.15) is 24.3 Å². The molecule has 0 saturated heterocycles. The summed E-state index contributed by atoms with van der Waals surface area (Å²) in [6.45, 7) is 3.38. The molecule has 10 heteroatoms. The van der Waals surface area contributed by atoms with Crippen molar-refractivity contribution in [3.63, 3.8) is 0 Å². The zero-order valence-electron chi connectivity index (χ0n) is 16.3. The van der Waals surface area contributed by atoms with Gasteiger partial charge in [0.15, 0.2) is 0 Å². The second-order valence-corrected chi connectivity index (χ2v) is 7.83. The van der Waals surface area contributed by atoms with E-state index in [4.69, 9.17) is 40.2 Å². The lowest BCUT2D eigenvalue weighted by molar-refractivity contribution is -0.114. The first-order valence-electron chi connectivity index (χ1n) is 9.05. The number of halogens is 2. The molecule has 0 spiro atoms. The number of carbonyl (C=O) groups is 1. The lowest BCUT2D eigenvalue weighted by atomic mass is 10.2. The molecule has 0 aliphatic rings. The SMILES string of the molecule is CC(=O)Nc1cccc(-n2c(C)nn(CC(O)COc3cc(Cl)ccc3Cl)c2=S)c1. The average Bonchev–Trinajstić information content (AvgIpc) is 2.95. The van der Waals surface area contributed by atoms with Gasteiger partial charge in [0.25, 0.3) is 0 Å². The quantitative estimate of drug-likeness (QED) is 0.503. The Balaban J connectivity index is 1.75. The van der Waals surface area contributed by atoms with Crippen molar-refractivity contribution in [2.45, 2.75) is 26.5 Å². The first-order valence-corrected chi connectivity index (χ1v) is 10.2. The fourth-order valence-electron chi connectivity index (χ4n) is 2.88. The first-order chi connectivity index (χ1) is 14.2. The van der Waals surface area contributed by atoms with Gasteiger partial charge < -0.3 is 15.2 Å². The Morgan fingerprint density at radius 2 is 2.07 bits per heavy atom. The van der Waals surface area contributed by atoms with Gasteiger partial charge in [-0.3, -0.25) is 9.36 Å². The van der Waals surface area contributed by atoms with Crippen LogP contribution in [0.4, 0.5) is 5.69 Å². The molecule has 1 atom stereocenters. The summed E-state index contributed by atoms with van der Waals surface area (Å²) < 4.78 is 9.28. The second kappa shape index (κ2) is 9.61. The van der Waals surface area contributed by atoms with Crippen LogP contribution in [0, 0.1) is 11.7 Å². The van der Waals surface area contributed by atoms with Gasteiger partial charge in [-0.15, -0.1) is 0 Å². The summed E-state index contributed by atoms with van der Waals surface area (Å²) in [5.41, 5.74) is 1.41. The fourth-order valence-corrected chi connectivity index (χ4v) is 3.57. The topological polar surface area (TPSA) is 81.3 Å². The molecule has 0 saturated carbocycles. The van der Waals surface area contributed by atoms with Gasteiger partial charge >= 0.3 is 0 Å². The molecule has 0 bridgehead atoms. The second-order valence-electron chi connectivity index (χ2n) is 6.62. The molecule has 1 heterocycles. The summed E-state index contributed by atoms with van der Waals surface area (Å²) >= 11 is 17.6. The summed E-state index contributed by atoms with van der Waals surface area (Å²) in [6.07, 6.45) is -0.875. The maximum absolute atomic E-state index is 11.3. The van der Waals surface area contributed by atoms with E-state index in [-0.39, 0.29) is 19.1 Å². The summed E-state index contributed by atoms with van der Waals surface area (Å²) in [4.78, 5) is 11.3. The highest BCUT2D eigenvalue weighted by Crippen LogP contribution is 2.27. The van der Waals surface area contributed by atoms with E-state index in [0.29, 0.717) is 32.1 Å². The summed E-state index contributed by atoms with van der Waals surface area (Å²) in [5.74, 6) is 0.875. The van der Waals surface area contributed by atoms with Crippen molar-refractivity contribution < 1.29 is 14.6 Å². The van der Waals surface area contributed by atoms with Crippen LogP contribution in [0.15, 0.2) is 42.5 Å². The Morgan fingerprint density at radius 1 is 1.30 bits per heavy atom. The zero-order chi connectivity index (χ0) is 21.8. The lowest BCUT2D eigenvalue weighted by Crippen LogP contribution is -2.24. The molecule has 2 N–H and O–H groups in total. The number of hydrogen-bond acceptors (Lipinski definition) is 5. The van der Waals surface area contributed by atoms with E-state index in [2.05, 4.69) is 10.4 Å². The predicted octanol–water partition coefficient (Wildman–Crippen LogP) is 4.42. The van der Waals surface area contributed by atoms with Crippen molar-refractivity contribution >= 4 is 47.0 Å². The minimum atomic E-state index is -0.875. The van der Waals surface area contributed by atoms with E-state index in [9.17, 15) is 9.90 Å². The molecule has 1 unspecified atom stereocenters. The Morgan fingerprint density at radius 3 is 2.80 bits per heavy atom. The summed E-state index contributed by atoms with van der Waals surface area (Å²) in [6, 6.07) is 12.1. The number of anilines is 1. The zero-order valence-corrected chi connectivity index (χ0v) is 18.6. The van der Waals surface area contributed by atoms with Crippen LogP contribution >= 0.6 is 35.4 Å². The molecular formula is C20H20Cl2N4O3S. The number of nitrogens with one attached hydrogen (secondary N) is 1. The highest BCUT2D eigenvalue weighted by Gasteiger charge is 2.14. The number of ether oxygens (including phenoxy) is 1. The number of aromatic nitrogens is 3. The number of carbonyl (C=O) groups excluding carboxylic acids is 1. The molecule has 30 heavy (non-hydrogen) atoms. The number of aryl methyl sites for hydroxylation is 1. The van der Waals surface area contributed by atoms with Gasteiger partial charge in [0.2, 0.25) is 10.7 Å². The van der Waals surface area contributed by atoms with Gasteiger partial charge in [-0.05, 0) is 49.5 Å². The van der Waals surface area contributed by atoms with Gasteiger partial charge in [-0.2, -0.15) is 5.10 Å². The first kappa shape index (κ1) is 22.3. The maximum atomic E-state index is 11.3. The Labute approximate surface area is 188 Å². The third-order valence-corrected chi connectivity index (χ3v) is 5.07. The van der Waals surface area contributed by atoms with E-state index in [1.165, 1.54) is 11.6 Å². The number of aliphatic hydroxyl groups is 1. The van der Waals surface area contributed by atoms with Crippen LogP contribution < -0.4 is 10.1 Å². The van der Waals surface area contributed by atoms with E-state index in [1.54, 1.807) is 34.9 Å². The number of rotatable bonds is 7. The van der Waals surface area contributed by atoms with Gasteiger partial charge in [-0.1, -0.05) is 29.3 Å². The Bertz CT molecular complexity index is 1130. The molecule has 7 nitrogen and oxygen atoms in total. The van der Waals surface area contributed by atoms with Crippen LogP contribution in [0.2, 0.25) is 10.0 Å². The number of hydrogen-bond donors (Lipinski definition) is 2. The molecule has 0 aliphatic heterocycles. The standard InChI is InChI=1S/C20H20Cl2N4O3S/c1-12-24-25(10-17(28)11-29-19-8-14(21)6-7-18(19)22)20(30)26(12)16-5-3-4-15(9-16)23-13(2)27/h3-9,17,28H,10-11H2,1-2H3,(H,23,27). The van der Waals surface area contributed by atoms with Crippen LogP contribution in [0.1, 0.15) is 12.7 Å². The van der Waals surface area contributed by atoms with Gasteiger partial charge in [0.05, 0.1) is 17.3 Å². The largest absolute Gasteiger partial charge is 0.489 e. The number of amides is 1. The van der Waals surface area contributed by atoms with Crippen molar-refractivity contribution in [2.24, 2.45) is 0 Å². The third kappa shape index (κ3) is 5.40. The molecule has 158 valence electrons. The highest BCUT2D eigenvalue weighted by atomic mass is 35.5. The number of benzene rings is 2. The van der Waals surface area contributed by atoms with Crippen molar-refractivity contribution in [3.8, 4) is 11.4 Å². The lowest BCUT2D eigenvalue weighted by Gasteiger charge is -2.13. The average molecular weight is 467 g/mol. The molecule has 1 aromatic heterocycles. The van der Waals surface area contributed by atoms with Crippen LogP contribution in [-0.4, -0.2) is 38.1 Å². The summed E-state index contributed by atoms with van der Waals surface area (Å²) in [5, 5.41) is 18.5. The fraction of sp³-hybridized carbons (Fsp3) is 0.250. The molecule has 0 aliphatic carbocycles. The van der Waals surface area contributed by atoms with Crippen LogP contribution in [0.25, 0.3) is 5.69 Å². The monoisotopic (exact) mass is 466 g/mol. The van der Waals surface area contributed by atoms with Crippen LogP contribution in [0.5, 0.6) is 5.75 Å². The highest BCUT2D eigenvalue weighted by molar-refractivity contribution is 7.71. The van der Waals surface area contributed by atoms with Gasteiger partial charge in [0, 0.05) is 23.7 Å². The molecule has 1 amide bonds. The van der Waals surface area contributed by atoms with Crippen LogP contribution in [0.3, 0.4) is 0 Å². The van der Waals surface area contributed by atoms with Crippen LogP contribution in [-0.2, 0) is 11.3 Å². The van der Waals surface area contributed by atoms with E-state index in [0.717, 1.165) is 5.69 Å². The van der Waals surface area contributed by atoms with Crippen molar-refractivity contribution in [1.29, 1.82) is 0 Å². The molecular weight excluding hydrogens is 447 g/mol. The van der Waals surface area contributed by atoms with Crippen molar-refractivity contribution in [2.75, 3.05) is 11.9 Å². The maximum Gasteiger partial charge on any atom is 0.221 e. The van der Waals surface area contributed by atoms with Crippen molar-refractivity contribution in [1.82, 2.24) is 14.3 Å². The molecule has 3 aromatic rings. The Kier molecular flexibility index (Phi) is 7.14. The van der Waals surface area contributed by atoms with E-state index < -0.39 is 6.10 Å². The van der Waals surface area contributed by atoms with Gasteiger partial charge in [-0.25, -0.2) is 4.68 Å². The number of aliphatic hydroxyl groups excluding tert-OH is 1. The third-order valence-electron chi connectivity index (χ3n) is 4.13. The molecule has 3 rings (SSSR count). The minimum absolute atomic E-state index is 0.00817. The van der Waals surface area contributed by atoms with E-state index >= 15 is 0 Å². The minimum Gasteiger partial charge on any atom is -0.489 e.